The summed E-state index contributed by atoms with van der Waals surface area (Å²) in [6, 6.07) is 8.37. The van der Waals surface area contributed by atoms with Crippen LogP contribution in [0.1, 0.15) is 32.3 Å². The van der Waals surface area contributed by atoms with Crippen LogP contribution in [-0.2, 0) is 0 Å². The zero-order valence-electron chi connectivity index (χ0n) is 10.8. The van der Waals surface area contributed by atoms with Gasteiger partial charge in [-0.05, 0) is 30.7 Å². The minimum Gasteiger partial charge on any atom is -0.493 e. The molecule has 0 aliphatic carbocycles. The first-order valence-corrected chi connectivity index (χ1v) is 6.00. The van der Waals surface area contributed by atoms with E-state index in [1.54, 1.807) is 0 Å². The van der Waals surface area contributed by atoms with Crippen LogP contribution >= 0.6 is 0 Å². The number of nitrogens with one attached hydrogen (secondary N) is 1. The molecule has 1 aromatic rings. The monoisotopic (exact) mass is 221 g/mol. The number of hydrogen-bond donors (Lipinski definition) is 1. The molecule has 1 aromatic carbocycles. The van der Waals surface area contributed by atoms with Crippen LogP contribution in [0.2, 0.25) is 0 Å². The molecule has 1 unspecified atom stereocenters. The average molecular weight is 221 g/mol. The van der Waals surface area contributed by atoms with Gasteiger partial charge in [0.05, 0.1) is 6.61 Å². The zero-order valence-corrected chi connectivity index (χ0v) is 10.8. The van der Waals surface area contributed by atoms with Crippen LogP contribution < -0.4 is 10.1 Å². The summed E-state index contributed by atoms with van der Waals surface area (Å²) < 4.78 is 5.77. The van der Waals surface area contributed by atoms with Gasteiger partial charge in [0.1, 0.15) is 5.75 Å². The lowest BCUT2D eigenvalue weighted by Gasteiger charge is -2.14. The third kappa shape index (κ3) is 4.23. The van der Waals surface area contributed by atoms with Crippen molar-refractivity contribution in [3.63, 3.8) is 0 Å². The predicted octanol–water partition coefficient (Wildman–Crippen LogP) is 3.04. The van der Waals surface area contributed by atoms with E-state index in [0.29, 0.717) is 11.8 Å². The van der Waals surface area contributed by atoms with Crippen molar-refractivity contribution in [2.75, 3.05) is 20.2 Å². The van der Waals surface area contributed by atoms with Crippen molar-refractivity contribution < 1.29 is 4.74 Å². The van der Waals surface area contributed by atoms with Crippen molar-refractivity contribution >= 4 is 0 Å². The molecule has 0 aliphatic rings. The Kier molecular flexibility index (Phi) is 5.33. The fourth-order valence-corrected chi connectivity index (χ4v) is 1.61. The molecule has 0 aromatic heterocycles. The molecule has 2 nitrogen and oxygen atoms in total. The summed E-state index contributed by atoms with van der Waals surface area (Å²) in [5, 5.41) is 3.15. The van der Waals surface area contributed by atoms with E-state index >= 15 is 0 Å². The van der Waals surface area contributed by atoms with Crippen LogP contribution in [0, 0.1) is 5.92 Å². The maximum absolute atomic E-state index is 5.77. The summed E-state index contributed by atoms with van der Waals surface area (Å²) in [7, 11) is 1.97. The van der Waals surface area contributed by atoms with Gasteiger partial charge in [-0.1, -0.05) is 32.9 Å². The predicted molar refractivity (Wildman–Crippen MR) is 69.1 cm³/mol. The lowest BCUT2D eigenvalue weighted by molar-refractivity contribution is 0.258. The van der Waals surface area contributed by atoms with Gasteiger partial charge in [-0.2, -0.15) is 0 Å². The van der Waals surface area contributed by atoms with Gasteiger partial charge in [0, 0.05) is 12.5 Å². The summed E-state index contributed by atoms with van der Waals surface area (Å²) in [6.07, 6.45) is 0. The molecule has 0 aliphatic heterocycles. The fourth-order valence-electron chi connectivity index (χ4n) is 1.61. The summed E-state index contributed by atoms with van der Waals surface area (Å²) in [5.74, 6) is 2.07. The Morgan fingerprint density at radius 3 is 2.62 bits per heavy atom. The molecule has 1 rings (SSSR count). The van der Waals surface area contributed by atoms with Gasteiger partial charge >= 0.3 is 0 Å². The van der Waals surface area contributed by atoms with Crippen molar-refractivity contribution in [1.82, 2.24) is 5.32 Å². The molecule has 1 N–H and O–H groups in total. The Hall–Kier alpha value is -1.02. The molecule has 16 heavy (non-hydrogen) atoms. The van der Waals surface area contributed by atoms with Gasteiger partial charge in [0.25, 0.3) is 0 Å². The number of rotatable bonds is 6. The van der Waals surface area contributed by atoms with E-state index in [9.17, 15) is 0 Å². The second-order valence-corrected chi connectivity index (χ2v) is 4.70. The summed E-state index contributed by atoms with van der Waals surface area (Å²) in [5.41, 5.74) is 1.33. The van der Waals surface area contributed by atoms with Crippen LogP contribution in [0.3, 0.4) is 0 Å². The molecule has 0 spiro atoms. The van der Waals surface area contributed by atoms with Crippen LogP contribution in [0.15, 0.2) is 24.3 Å². The van der Waals surface area contributed by atoms with Crippen LogP contribution in [0.25, 0.3) is 0 Å². The van der Waals surface area contributed by atoms with Crippen molar-refractivity contribution in [3.05, 3.63) is 29.8 Å². The Balaban J connectivity index is 2.50. The molecule has 0 radical (unpaired) electrons. The Morgan fingerprint density at radius 2 is 2.00 bits per heavy atom. The lowest BCUT2D eigenvalue weighted by Crippen LogP contribution is -2.21. The minimum atomic E-state index is 0.535. The van der Waals surface area contributed by atoms with E-state index in [1.807, 2.05) is 13.1 Å². The average Bonchev–Trinajstić information content (AvgIpc) is 2.27. The second kappa shape index (κ2) is 6.54. The highest BCUT2D eigenvalue weighted by atomic mass is 16.5. The van der Waals surface area contributed by atoms with Gasteiger partial charge in [-0.25, -0.2) is 0 Å². The third-order valence-corrected chi connectivity index (χ3v) is 2.61. The first-order valence-electron chi connectivity index (χ1n) is 6.00. The van der Waals surface area contributed by atoms with Crippen molar-refractivity contribution in [1.29, 1.82) is 0 Å². The molecule has 2 heteroatoms. The largest absolute Gasteiger partial charge is 0.493 e. The highest BCUT2D eigenvalue weighted by molar-refractivity contribution is 5.30. The zero-order chi connectivity index (χ0) is 12.0. The van der Waals surface area contributed by atoms with E-state index < -0.39 is 0 Å². The number of ether oxygens (including phenoxy) is 1. The summed E-state index contributed by atoms with van der Waals surface area (Å²) >= 11 is 0. The first-order chi connectivity index (χ1) is 7.63. The van der Waals surface area contributed by atoms with Gasteiger partial charge in [-0.3, -0.25) is 0 Å². The molecular weight excluding hydrogens is 198 g/mol. The third-order valence-electron chi connectivity index (χ3n) is 2.61. The highest BCUT2D eigenvalue weighted by Crippen LogP contribution is 2.20. The fraction of sp³-hybridized carbons (Fsp3) is 0.571. The maximum Gasteiger partial charge on any atom is 0.119 e. The molecule has 1 atom stereocenters. The smallest absolute Gasteiger partial charge is 0.119 e. The lowest BCUT2D eigenvalue weighted by atomic mass is 10.0. The molecule has 0 fully saturated rings. The van der Waals surface area contributed by atoms with Crippen LogP contribution in [0.4, 0.5) is 0 Å². The van der Waals surface area contributed by atoms with Crippen molar-refractivity contribution in [3.8, 4) is 5.75 Å². The van der Waals surface area contributed by atoms with Gasteiger partial charge in [0.15, 0.2) is 0 Å². The Labute approximate surface area is 99.0 Å². The van der Waals surface area contributed by atoms with Gasteiger partial charge < -0.3 is 10.1 Å². The second-order valence-electron chi connectivity index (χ2n) is 4.70. The molecule has 0 heterocycles. The topological polar surface area (TPSA) is 21.3 Å². The molecular formula is C14H23NO. The molecule has 0 saturated carbocycles. The van der Waals surface area contributed by atoms with E-state index in [-0.39, 0.29) is 0 Å². The number of benzene rings is 1. The standard InChI is InChI=1S/C14H23NO/c1-11(2)13-6-5-7-14(8-13)16-10-12(3)9-15-4/h5-8,11-12,15H,9-10H2,1-4H3. The molecule has 0 amide bonds. The van der Waals surface area contributed by atoms with E-state index in [1.165, 1.54) is 5.56 Å². The van der Waals surface area contributed by atoms with E-state index in [2.05, 4.69) is 44.3 Å². The Bertz CT molecular complexity index is 309. The van der Waals surface area contributed by atoms with Crippen LogP contribution in [-0.4, -0.2) is 20.2 Å². The van der Waals surface area contributed by atoms with Gasteiger partial charge in [0.2, 0.25) is 0 Å². The highest BCUT2D eigenvalue weighted by Gasteiger charge is 2.04. The Morgan fingerprint density at radius 1 is 1.25 bits per heavy atom. The maximum atomic E-state index is 5.77. The normalized spacial score (nSPS) is 12.8. The minimum absolute atomic E-state index is 0.535. The number of hydrogen-bond acceptors (Lipinski definition) is 2. The quantitative estimate of drug-likeness (QED) is 0.797. The van der Waals surface area contributed by atoms with Crippen LogP contribution in [0.5, 0.6) is 5.75 Å². The SMILES string of the molecule is CNCC(C)COc1cccc(C(C)C)c1. The summed E-state index contributed by atoms with van der Waals surface area (Å²) in [6.45, 7) is 8.33. The molecule has 0 saturated heterocycles. The first kappa shape index (κ1) is 13.0. The van der Waals surface area contributed by atoms with Crippen molar-refractivity contribution in [2.45, 2.75) is 26.7 Å². The molecule has 0 bridgehead atoms. The van der Waals surface area contributed by atoms with E-state index in [0.717, 1.165) is 18.9 Å². The molecule has 90 valence electrons. The van der Waals surface area contributed by atoms with Crippen molar-refractivity contribution in [2.24, 2.45) is 5.92 Å². The summed E-state index contributed by atoms with van der Waals surface area (Å²) in [4.78, 5) is 0. The van der Waals surface area contributed by atoms with Gasteiger partial charge in [-0.15, -0.1) is 0 Å². The van der Waals surface area contributed by atoms with E-state index in [4.69, 9.17) is 4.74 Å².